The molecule has 0 aliphatic heterocycles. The molecule has 0 aliphatic carbocycles. The molecule has 5 heteroatoms. The second kappa shape index (κ2) is 9.67. The highest BCUT2D eigenvalue weighted by Gasteiger charge is 2.12. The average Bonchev–Trinajstić information content (AvgIpc) is 2.68. The summed E-state index contributed by atoms with van der Waals surface area (Å²) in [6.45, 7) is 11.0. The van der Waals surface area contributed by atoms with Gasteiger partial charge in [0, 0.05) is 12.7 Å². The van der Waals surface area contributed by atoms with Crippen LogP contribution in [-0.4, -0.2) is 25.7 Å². The molecule has 0 atom stereocenters. The molecular weight excluding hydrogens is 356 g/mol. The highest BCUT2D eigenvalue weighted by molar-refractivity contribution is 5.90. The topological polar surface area (TPSA) is 61.8 Å². The van der Waals surface area contributed by atoms with E-state index in [9.17, 15) is 9.59 Å². The van der Waals surface area contributed by atoms with Crippen molar-refractivity contribution < 1.29 is 23.8 Å². The Kier molecular flexibility index (Phi) is 7.29. The first kappa shape index (κ1) is 21.1. The Balaban J connectivity index is 2.20. The van der Waals surface area contributed by atoms with E-state index in [0.717, 1.165) is 23.1 Å². The predicted molar refractivity (Wildman–Crippen MR) is 108 cm³/mol. The molecular formula is C23H24O5. The Morgan fingerprint density at radius 1 is 0.929 bits per heavy atom. The van der Waals surface area contributed by atoms with E-state index in [-0.39, 0.29) is 12.2 Å². The van der Waals surface area contributed by atoms with Crippen LogP contribution >= 0.6 is 0 Å². The summed E-state index contributed by atoms with van der Waals surface area (Å²) in [5.74, 6) is -0.0598. The van der Waals surface area contributed by atoms with Crippen LogP contribution in [0.1, 0.15) is 19.4 Å². The maximum atomic E-state index is 12.0. The molecule has 2 aromatic rings. The second-order valence-corrected chi connectivity index (χ2v) is 6.29. The van der Waals surface area contributed by atoms with Crippen molar-refractivity contribution in [3.63, 3.8) is 0 Å². The van der Waals surface area contributed by atoms with Gasteiger partial charge in [-0.2, -0.15) is 0 Å². The van der Waals surface area contributed by atoms with Crippen LogP contribution in [0.3, 0.4) is 0 Å². The lowest BCUT2D eigenvalue weighted by Gasteiger charge is -2.12. The molecule has 2 rings (SSSR count). The van der Waals surface area contributed by atoms with Gasteiger partial charge in [0.05, 0.1) is 12.2 Å². The van der Waals surface area contributed by atoms with Gasteiger partial charge in [-0.05, 0) is 54.3 Å². The van der Waals surface area contributed by atoms with Crippen molar-refractivity contribution in [1.29, 1.82) is 0 Å². The highest BCUT2D eigenvalue weighted by Crippen LogP contribution is 2.29. The summed E-state index contributed by atoms with van der Waals surface area (Å²) in [6.07, 6.45) is 0.756. The number of hydrogen-bond donors (Lipinski definition) is 0. The molecule has 28 heavy (non-hydrogen) atoms. The van der Waals surface area contributed by atoms with Crippen LogP contribution in [-0.2, 0) is 20.7 Å². The van der Waals surface area contributed by atoms with Crippen molar-refractivity contribution in [2.24, 2.45) is 0 Å². The molecule has 146 valence electrons. The lowest BCUT2D eigenvalue weighted by Crippen LogP contribution is -2.14. The summed E-state index contributed by atoms with van der Waals surface area (Å²) in [5.41, 5.74) is 3.60. The number of benzene rings is 2. The first-order chi connectivity index (χ1) is 13.3. The van der Waals surface area contributed by atoms with Gasteiger partial charge in [-0.25, -0.2) is 9.59 Å². The SMILES string of the molecule is C=C(C)C(=O)Oc1ccc(-c2ccc(OC(=O)C(=C)COC)cc2CC)cc1. The fourth-order valence-electron chi connectivity index (χ4n) is 2.52. The number of carbonyl (C=O) groups is 2. The minimum absolute atomic E-state index is 0.125. The van der Waals surface area contributed by atoms with Crippen LogP contribution in [0.4, 0.5) is 0 Å². The van der Waals surface area contributed by atoms with E-state index in [1.807, 2.05) is 31.2 Å². The molecule has 0 heterocycles. The molecule has 0 saturated heterocycles. The van der Waals surface area contributed by atoms with Crippen LogP contribution in [0.5, 0.6) is 11.5 Å². The Morgan fingerprint density at radius 3 is 2.11 bits per heavy atom. The normalized spacial score (nSPS) is 10.2. The van der Waals surface area contributed by atoms with E-state index in [1.54, 1.807) is 25.1 Å². The number of rotatable bonds is 8. The molecule has 0 fully saturated rings. The number of methoxy groups -OCH3 is 1. The van der Waals surface area contributed by atoms with E-state index in [2.05, 4.69) is 13.2 Å². The van der Waals surface area contributed by atoms with Gasteiger partial charge in [0.15, 0.2) is 0 Å². The van der Waals surface area contributed by atoms with Crippen molar-refractivity contribution >= 4 is 11.9 Å². The van der Waals surface area contributed by atoms with Gasteiger partial charge in [-0.1, -0.05) is 38.3 Å². The van der Waals surface area contributed by atoms with E-state index < -0.39 is 11.9 Å². The average molecular weight is 380 g/mol. The molecule has 0 radical (unpaired) electrons. The first-order valence-electron chi connectivity index (χ1n) is 8.85. The number of hydrogen-bond acceptors (Lipinski definition) is 5. The Hall–Kier alpha value is -3.18. The molecule has 0 amide bonds. The number of esters is 2. The summed E-state index contributed by atoms with van der Waals surface area (Å²) in [7, 11) is 1.49. The third kappa shape index (κ3) is 5.41. The third-order valence-electron chi connectivity index (χ3n) is 4.00. The largest absolute Gasteiger partial charge is 0.423 e. The predicted octanol–water partition coefficient (Wildman–Crippen LogP) is 4.51. The molecule has 2 aromatic carbocycles. The summed E-state index contributed by atoms with van der Waals surface area (Å²) < 4.78 is 15.5. The standard InChI is InChI=1S/C23H24O5/c1-6-17-13-20(28-23(25)16(4)14-26-5)11-12-21(17)18-7-9-19(10-8-18)27-22(24)15(2)3/h7-13H,2,4,6,14H2,1,3,5H3. The molecule has 0 saturated carbocycles. The van der Waals surface area contributed by atoms with Gasteiger partial charge in [0.25, 0.3) is 0 Å². The van der Waals surface area contributed by atoms with Gasteiger partial charge in [-0.15, -0.1) is 0 Å². The molecule has 0 unspecified atom stereocenters. The zero-order chi connectivity index (χ0) is 20.7. The summed E-state index contributed by atoms with van der Waals surface area (Å²) >= 11 is 0. The minimum Gasteiger partial charge on any atom is -0.423 e. The summed E-state index contributed by atoms with van der Waals surface area (Å²) in [5, 5.41) is 0. The van der Waals surface area contributed by atoms with Crippen LogP contribution in [0, 0.1) is 0 Å². The zero-order valence-electron chi connectivity index (χ0n) is 16.4. The molecule has 0 N–H and O–H groups in total. The van der Waals surface area contributed by atoms with Crippen molar-refractivity contribution in [3.05, 3.63) is 72.3 Å². The van der Waals surface area contributed by atoms with Crippen molar-refractivity contribution in [1.82, 2.24) is 0 Å². The van der Waals surface area contributed by atoms with Crippen molar-refractivity contribution in [3.8, 4) is 22.6 Å². The maximum Gasteiger partial charge on any atom is 0.341 e. The zero-order valence-corrected chi connectivity index (χ0v) is 16.4. The van der Waals surface area contributed by atoms with Crippen molar-refractivity contribution in [2.45, 2.75) is 20.3 Å². The molecule has 0 aliphatic rings. The van der Waals surface area contributed by atoms with Crippen LogP contribution in [0.2, 0.25) is 0 Å². The van der Waals surface area contributed by atoms with Gasteiger partial charge < -0.3 is 14.2 Å². The highest BCUT2D eigenvalue weighted by atomic mass is 16.5. The molecule has 0 aromatic heterocycles. The lowest BCUT2D eigenvalue weighted by molar-refractivity contribution is -0.131. The van der Waals surface area contributed by atoms with E-state index in [4.69, 9.17) is 14.2 Å². The Labute approximate surface area is 165 Å². The monoisotopic (exact) mass is 380 g/mol. The smallest absolute Gasteiger partial charge is 0.341 e. The fourth-order valence-corrected chi connectivity index (χ4v) is 2.52. The fraction of sp³-hybridized carbons (Fsp3) is 0.217. The quantitative estimate of drug-likeness (QED) is 0.383. The van der Waals surface area contributed by atoms with Crippen molar-refractivity contribution in [2.75, 3.05) is 13.7 Å². The van der Waals surface area contributed by atoms with E-state index in [0.29, 0.717) is 17.1 Å². The molecule has 0 bridgehead atoms. The molecule has 5 nitrogen and oxygen atoms in total. The number of carbonyl (C=O) groups excluding carboxylic acids is 2. The van der Waals surface area contributed by atoms with Gasteiger partial charge >= 0.3 is 11.9 Å². The Bertz CT molecular complexity index is 894. The van der Waals surface area contributed by atoms with Gasteiger partial charge in [0.2, 0.25) is 0 Å². The number of aryl methyl sites for hydroxylation is 1. The Morgan fingerprint density at radius 2 is 1.54 bits per heavy atom. The van der Waals surface area contributed by atoms with Crippen LogP contribution in [0.15, 0.2) is 66.8 Å². The minimum atomic E-state index is -0.514. The van der Waals surface area contributed by atoms with E-state index in [1.165, 1.54) is 7.11 Å². The summed E-state index contributed by atoms with van der Waals surface area (Å²) in [6, 6.07) is 12.7. The maximum absolute atomic E-state index is 12.0. The van der Waals surface area contributed by atoms with Crippen LogP contribution < -0.4 is 9.47 Å². The van der Waals surface area contributed by atoms with Gasteiger partial charge in [0.1, 0.15) is 11.5 Å². The van der Waals surface area contributed by atoms with E-state index >= 15 is 0 Å². The van der Waals surface area contributed by atoms with Crippen LogP contribution in [0.25, 0.3) is 11.1 Å². The lowest BCUT2D eigenvalue weighted by atomic mass is 9.98. The third-order valence-corrected chi connectivity index (χ3v) is 4.00. The summed E-state index contributed by atoms with van der Waals surface area (Å²) in [4.78, 5) is 23.6. The first-order valence-corrected chi connectivity index (χ1v) is 8.85. The molecule has 0 spiro atoms. The number of ether oxygens (including phenoxy) is 3. The second-order valence-electron chi connectivity index (χ2n) is 6.29. The van der Waals surface area contributed by atoms with Gasteiger partial charge in [-0.3, -0.25) is 0 Å².